The summed E-state index contributed by atoms with van der Waals surface area (Å²) in [6.45, 7) is 8.84. The molecule has 0 atom stereocenters. The Kier molecular flexibility index (Phi) is 6.74. The first-order chi connectivity index (χ1) is 12.5. The van der Waals surface area contributed by atoms with Gasteiger partial charge in [0.05, 0.1) is 12.3 Å². The molecule has 26 heavy (non-hydrogen) atoms. The summed E-state index contributed by atoms with van der Waals surface area (Å²) >= 11 is 0. The fourth-order valence-electron chi connectivity index (χ4n) is 2.38. The predicted octanol–water partition coefficient (Wildman–Crippen LogP) is 1.82. The lowest BCUT2D eigenvalue weighted by molar-refractivity contribution is 0.297. The molecular formula is C18H25FN6O. The Hall–Kier alpha value is -2.87. The van der Waals surface area contributed by atoms with Crippen molar-refractivity contribution >= 4 is 17.5 Å². The number of nitrogens with zero attached hydrogens (tertiary/aromatic N) is 3. The van der Waals surface area contributed by atoms with Gasteiger partial charge in [-0.3, -0.25) is 4.90 Å². The zero-order valence-electron chi connectivity index (χ0n) is 15.0. The molecule has 0 fully saturated rings. The summed E-state index contributed by atoms with van der Waals surface area (Å²) in [5, 5.41) is 14.8. The Labute approximate surface area is 152 Å². The van der Waals surface area contributed by atoms with E-state index in [1.807, 2.05) is 4.90 Å². The number of nitrogens with two attached hydrogens (primary N) is 1. The third kappa shape index (κ3) is 4.82. The average Bonchev–Trinajstić information content (AvgIpc) is 2.91. The molecule has 2 rings (SSSR count). The molecule has 0 spiro atoms. The molecule has 0 aromatic heterocycles. The topological polar surface area (TPSA) is 98.3 Å². The van der Waals surface area contributed by atoms with Gasteiger partial charge in [0.2, 0.25) is 5.96 Å². The third-order valence-electron chi connectivity index (χ3n) is 3.47. The second-order valence-corrected chi connectivity index (χ2v) is 6.13. The van der Waals surface area contributed by atoms with Crippen LogP contribution in [0.15, 0.2) is 58.5 Å². The number of amidine groups is 1. The van der Waals surface area contributed by atoms with E-state index in [-0.39, 0.29) is 12.4 Å². The molecule has 0 aliphatic carbocycles. The lowest BCUT2D eigenvalue weighted by Crippen LogP contribution is -2.39. The zero-order chi connectivity index (χ0) is 19.1. The minimum atomic E-state index is -0.377. The highest BCUT2D eigenvalue weighted by molar-refractivity contribution is 6.18. The van der Waals surface area contributed by atoms with Crippen molar-refractivity contribution in [3.63, 3.8) is 0 Å². The summed E-state index contributed by atoms with van der Waals surface area (Å²) in [5.74, 6) is 1.25. The van der Waals surface area contributed by atoms with Crippen LogP contribution in [0.3, 0.4) is 0 Å². The minimum absolute atomic E-state index is 0.0320. The van der Waals surface area contributed by atoms with Crippen LogP contribution in [0.4, 0.5) is 10.1 Å². The van der Waals surface area contributed by atoms with Crippen molar-refractivity contribution in [1.29, 1.82) is 0 Å². The maximum atomic E-state index is 14.0. The van der Waals surface area contributed by atoms with E-state index < -0.39 is 0 Å². The van der Waals surface area contributed by atoms with E-state index in [1.54, 1.807) is 18.2 Å². The molecule has 0 radical (unpaired) electrons. The van der Waals surface area contributed by atoms with Gasteiger partial charge in [-0.15, -0.1) is 0 Å². The zero-order valence-corrected chi connectivity index (χ0v) is 15.0. The van der Waals surface area contributed by atoms with Gasteiger partial charge in [-0.2, -0.15) is 0 Å². The Morgan fingerprint density at radius 2 is 2.19 bits per heavy atom. The highest BCUT2D eigenvalue weighted by Gasteiger charge is 2.29. The van der Waals surface area contributed by atoms with E-state index in [0.29, 0.717) is 48.0 Å². The third-order valence-corrected chi connectivity index (χ3v) is 3.47. The van der Waals surface area contributed by atoms with Crippen LogP contribution in [0, 0.1) is 11.7 Å². The summed E-state index contributed by atoms with van der Waals surface area (Å²) in [5.41, 5.74) is 6.48. The van der Waals surface area contributed by atoms with Gasteiger partial charge in [0.15, 0.2) is 5.84 Å². The van der Waals surface area contributed by atoms with Crippen LogP contribution in [0.1, 0.15) is 13.8 Å². The van der Waals surface area contributed by atoms with Crippen molar-refractivity contribution in [2.45, 2.75) is 13.8 Å². The number of hydrogen-bond acceptors (Lipinski definition) is 6. The van der Waals surface area contributed by atoms with E-state index in [1.165, 1.54) is 12.3 Å². The first-order valence-corrected chi connectivity index (χ1v) is 8.38. The van der Waals surface area contributed by atoms with Crippen molar-refractivity contribution in [3.05, 3.63) is 54.4 Å². The highest BCUT2D eigenvalue weighted by Crippen LogP contribution is 2.21. The van der Waals surface area contributed by atoms with Crippen LogP contribution < -0.4 is 16.4 Å². The summed E-state index contributed by atoms with van der Waals surface area (Å²) in [6.07, 6.45) is 1.35. The molecule has 0 saturated carbocycles. The summed E-state index contributed by atoms with van der Waals surface area (Å²) in [7, 11) is 0. The van der Waals surface area contributed by atoms with Gasteiger partial charge in [0, 0.05) is 19.3 Å². The maximum Gasteiger partial charge on any atom is 0.209 e. The summed E-state index contributed by atoms with van der Waals surface area (Å²) in [6, 6.07) is 6.37. The molecule has 8 heteroatoms. The van der Waals surface area contributed by atoms with Crippen LogP contribution in [0.2, 0.25) is 0 Å². The number of benzene rings is 1. The Balaban J connectivity index is 2.33. The number of para-hydroxylation sites is 1. The molecule has 1 aliphatic heterocycles. The number of aliphatic hydroxyl groups excluding tert-OH is 1. The van der Waals surface area contributed by atoms with Gasteiger partial charge in [-0.25, -0.2) is 14.4 Å². The Morgan fingerprint density at radius 3 is 2.81 bits per heavy atom. The molecule has 0 saturated heterocycles. The molecule has 0 bridgehead atoms. The van der Waals surface area contributed by atoms with Gasteiger partial charge in [-0.05, 0) is 18.1 Å². The van der Waals surface area contributed by atoms with Crippen LogP contribution >= 0.6 is 0 Å². The fourth-order valence-corrected chi connectivity index (χ4v) is 2.38. The van der Waals surface area contributed by atoms with E-state index in [9.17, 15) is 4.39 Å². The molecule has 1 aliphatic rings. The first kappa shape index (κ1) is 19.5. The van der Waals surface area contributed by atoms with Crippen molar-refractivity contribution in [2.24, 2.45) is 21.6 Å². The van der Waals surface area contributed by atoms with E-state index >= 15 is 0 Å². The molecule has 0 amide bonds. The maximum absolute atomic E-state index is 14.0. The molecule has 140 valence electrons. The number of nitrogens with one attached hydrogen (secondary N) is 2. The van der Waals surface area contributed by atoms with Crippen molar-refractivity contribution in [2.75, 3.05) is 25.0 Å². The Bertz CT molecular complexity index is 741. The average molecular weight is 360 g/mol. The second-order valence-electron chi connectivity index (χ2n) is 6.13. The SMILES string of the molecule is C=C(/N=C1\C(=C/N)N=C(Nc2ccccc2F)N1CC(C)C)NCCO. The molecular weight excluding hydrogens is 335 g/mol. The molecule has 1 heterocycles. The van der Waals surface area contributed by atoms with Gasteiger partial charge in [-0.1, -0.05) is 32.6 Å². The number of hydrogen-bond donors (Lipinski definition) is 4. The molecule has 0 unspecified atom stereocenters. The number of aliphatic hydroxyl groups is 1. The molecule has 7 nitrogen and oxygen atoms in total. The quantitative estimate of drug-likeness (QED) is 0.595. The lowest BCUT2D eigenvalue weighted by atomic mass is 10.2. The van der Waals surface area contributed by atoms with Gasteiger partial charge < -0.3 is 21.5 Å². The van der Waals surface area contributed by atoms with Gasteiger partial charge in [0.25, 0.3) is 0 Å². The van der Waals surface area contributed by atoms with E-state index in [4.69, 9.17) is 10.8 Å². The number of halogens is 1. The van der Waals surface area contributed by atoms with E-state index in [2.05, 4.69) is 41.0 Å². The predicted molar refractivity (Wildman–Crippen MR) is 103 cm³/mol. The summed E-state index contributed by atoms with van der Waals surface area (Å²) in [4.78, 5) is 10.7. The molecule has 5 N–H and O–H groups in total. The normalized spacial score (nSPS) is 17.1. The van der Waals surface area contributed by atoms with Crippen LogP contribution in [-0.2, 0) is 0 Å². The largest absolute Gasteiger partial charge is 0.403 e. The van der Waals surface area contributed by atoms with Gasteiger partial charge >= 0.3 is 0 Å². The second kappa shape index (κ2) is 9.00. The number of aliphatic imine (C=N–C) groups is 2. The van der Waals surface area contributed by atoms with E-state index in [0.717, 1.165) is 0 Å². The van der Waals surface area contributed by atoms with Crippen molar-refractivity contribution in [1.82, 2.24) is 10.2 Å². The van der Waals surface area contributed by atoms with Crippen molar-refractivity contribution < 1.29 is 9.50 Å². The summed E-state index contributed by atoms with van der Waals surface area (Å²) < 4.78 is 14.0. The lowest BCUT2D eigenvalue weighted by Gasteiger charge is -2.24. The van der Waals surface area contributed by atoms with Gasteiger partial charge in [0.1, 0.15) is 17.3 Å². The monoisotopic (exact) mass is 360 g/mol. The molecule has 1 aromatic carbocycles. The van der Waals surface area contributed by atoms with Crippen LogP contribution in [-0.4, -0.2) is 41.5 Å². The highest BCUT2D eigenvalue weighted by atomic mass is 19.1. The van der Waals surface area contributed by atoms with Crippen molar-refractivity contribution in [3.8, 4) is 0 Å². The number of rotatable bonds is 7. The standard InChI is InChI=1S/C18H25FN6O/c1-12(2)11-25-17(22-13(3)21-8-9-26)16(10-20)24-18(25)23-15-7-5-4-6-14(15)19/h4-7,10,12,21,26H,3,8-9,11,20H2,1-2H3,(H,23,24)/b16-10+,22-17+. The Morgan fingerprint density at radius 1 is 1.46 bits per heavy atom. The first-order valence-electron chi connectivity index (χ1n) is 8.38. The minimum Gasteiger partial charge on any atom is -0.403 e. The smallest absolute Gasteiger partial charge is 0.209 e. The number of anilines is 1. The van der Waals surface area contributed by atoms with Crippen LogP contribution in [0.25, 0.3) is 0 Å². The van der Waals surface area contributed by atoms with Crippen LogP contribution in [0.5, 0.6) is 0 Å². The molecule has 1 aromatic rings. The fraction of sp³-hybridized carbons (Fsp3) is 0.333. The number of guanidine groups is 1.